The maximum absolute atomic E-state index is 6.39. The second kappa shape index (κ2) is 5.94. The van der Waals surface area contributed by atoms with Crippen molar-refractivity contribution in [3.8, 4) is 0 Å². The third-order valence-corrected chi connectivity index (χ3v) is 4.00. The Morgan fingerprint density at radius 2 is 2.22 bits per heavy atom. The van der Waals surface area contributed by atoms with E-state index >= 15 is 0 Å². The largest absolute Gasteiger partial charge is 0.365 e. The van der Waals surface area contributed by atoms with Crippen LogP contribution in [0.1, 0.15) is 32.3 Å². The minimum Gasteiger partial charge on any atom is -0.365 e. The quantitative estimate of drug-likeness (QED) is 0.899. The molecule has 2 unspecified atom stereocenters. The van der Waals surface area contributed by atoms with E-state index in [1.807, 2.05) is 0 Å². The van der Waals surface area contributed by atoms with Gasteiger partial charge in [0.25, 0.3) is 0 Å². The molecule has 2 atom stereocenters. The lowest BCUT2D eigenvalue weighted by atomic mass is 10.0. The maximum atomic E-state index is 6.39. The molecule has 1 heterocycles. The fourth-order valence-corrected chi connectivity index (χ4v) is 3.00. The summed E-state index contributed by atoms with van der Waals surface area (Å²) < 4.78 is 0. The lowest BCUT2D eigenvalue weighted by Crippen LogP contribution is -2.55. The Kier molecular flexibility index (Phi) is 4.52. The van der Waals surface area contributed by atoms with Crippen molar-refractivity contribution < 1.29 is 0 Å². The molecule has 0 radical (unpaired) electrons. The van der Waals surface area contributed by atoms with Crippen molar-refractivity contribution in [3.05, 3.63) is 28.8 Å². The van der Waals surface area contributed by atoms with Gasteiger partial charge in [-0.2, -0.15) is 0 Å². The second-order valence-corrected chi connectivity index (χ2v) is 5.76. The monoisotopic (exact) mass is 266 g/mol. The smallest absolute Gasteiger partial charge is 0.0642 e. The zero-order chi connectivity index (χ0) is 13.1. The average molecular weight is 267 g/mol. The SMILES string of the molecule is CCCC1CN(c2ccc(C)cc2Cl)C(C)CN1. The van der Waals surface area contributed by atoms with E-state index in [-0.39, 0.29) is 0 Å². The first-order valence-corrected chi connectivity index (χ1v) is 7.25. The highest BCUT2D eigenvalue weighted by Crippen LogP contribution is 2.29. The second-order valence-electron chi connectivity index (χ2n) is 5.35. The van der Waals surface area contributed by atoms with Crippen LogP contribution in [0.3, 0.4) is 0 Å². The molecule has 0 bridgehead atoms. The summed E-state index contributed by atoms with van der Waals surface area (Å²) in [5, 5.41) is 4.49. The number of piperazine rings is 1. The minimum atomic E-state index is 0.498. The number of nitrogens with zero attached hydrogens (tertiary/aromatic N) is 1. The molecule has 3 heteroatoms. The Balaban J connectivity index is 2.18. The summed E-state index contributed by atoms with van der Waals surface area (Å²) in [5.41, 5.74) is 2.40. The van der Waals surface area contributed by atoms with Gasteiger partial charge in [-0.1, -0.05) is 31.0 Å². The molecule has 1 saturated heterocycles. The third kappa shape index (κ3) is 2.99. The highest BCUT2D eigenvalue weighted by Gasteiger charge is 2.25. The first-order valence-electron chi connectivity index (χ1n) is 6.88. The molecule has 2 rings (SSSR count). The van der Waals surface area contributed by atoms with Gasteiger partial charge in [-0.3, -0.25) is 0 Å². The molecule has 100 valence electrons. The minimum absolute atomic E-state index is 0.498. The first-order chi connectivity index (χ1) is 8.61. The van der Waals surface area contributed by atoms with E-state index in [1.165, 1.54) is 24.1 Å². The number of rotatable bonds is 3. The van der Waals surface area contributed by atoms with Crippen LogP contribution in [0.25, 0.3) is 0 Å². The van der Waals surface area contributed by atoms with Gasteiger partial charge in [0.2, 0.25) is 0 Å². The van der Waals surface area contributed by atoms with E-state index in [9.17, 15) is 0 Å². The first kappa shape index (κ1) is 13.7. The highest BCUT2D eigenvalue weighted by atomic mass is 35.5. The lowest BCUT2D eigenvalue weighted by Gasteiger charge is -2.41. The highest BCUT2D eigenvalue weighted by molar-refractivity contribution is 6.33. The molecule has 1 aromatic rings. The molecule has 0 aliphatic carbocycles. The normalized spacial score (nSPS) is 24.3. The van der Waals surface area contributed by atoms with Crippen molar-refractivity contribution in [1.29, 1.82) is 0 Å². The molecule has 1 aliphatic heterocycles. The molecule has 0 amide bonds. The molecule has 1 N–H and O–H groups in total. The molecule has 0 spiro atoms. The van der Waals surface area contributed by atoms with Crippen molar-refractivity contribution in [1.82, 2.24) is 5.32 Å². The van der Waals surface area contributed by atoms with Crippen LogP contribution in [0.5, 0.6) is 0 Å². The summed E-state index contributed by atoms with van der Waals surface area (Å²) in [6, 6.07) is 7.44. The summed E-state index contributed by atoms with van der Waals surface area (Å²) in [6.45, 7) is 8.66. The van der Waals surface area contributed by atoms with Crippen LogP contribution in [0, 0.1) is 6.92 Å². The number of hydrogen-bond acceptors (Lipinski definition) is 2. The zero-order valence-corrected chi connectivity index (χ0v) is 12.3. The summed E-state index contributed by atoms with van der Waals surface area (Å²) in [6.07, 6.45) is 2.45. The van der Waals surface area contributed by atoms with Gasteiger partial charge in [0.15, 0.2) is 0 Å². The Hall–Kier alpha value is -0.730. The molecule has 2 nitrogen and oxygen atoms in total. The van der Waals surface area contributed by atoms with Gasteiger partial charge in [0.05, 0.1) is 10.7 Å². The van der Waals surface area contributed by atoms with Crippen molar-refractivity contribution in [3.63, 3.8) is 0 Å². The van der Waals surface area contributed by atoms with Gasteiger partial charge >= 0.3 is 0 Å². The topological polar surface area (TPSA) is 15.3 Å². The Morgan fingerprint density at radius 1 is 1.44 bits per heavy atom. The molecular weight excluding hydrogens is 244 g/mol. The van der Waals surface area contributed by atoms with E-state index < -0.39 is 0 Å². The lowest BCUT2D eigenvalue weighted by molar-refractivity contribution is 0.386. The molecule has 18 heavy (non-hydrogen) atoms. The molecule has 0 aromatic heterocycles. The van der Waals surface area contributed by atoms with Gasteiger partial charge in [-0.25, -0.2) is 0 Å². The van der Waals surface area contributed by atoms with Gasteiger partial charge in [-0.05, 0) is 38.0 Å². The van der Waals surface area contributed by atoms with E-state index in [4.69, 9.17) is 11.6 Å². The van der Waals surface area contributed by atoms with E-state index in [1.54, 1.807) is 0 Å². The number of nitrogens with one attached hydrogen (secondary N) is 1. The Morgan fingerprint density at radius 3 is 2.89 bits per heavy atom. The number of benzene rings is 1. The van der Waals surface area contributed by atoms with Crippen LogP contribution in [0.2, 0.25) is 5.02 Å². The van der Waals surface area contributed by atoms with Crippen LogP contribution in [-0.2, 0) is 0 Å². The van der Waals surface area contributed by atoms with E-state index in [0.717, 1.165) is 18.1 Å². The van der Waals surface area contributed by atoms with Crippen LogP contribution >= 0.6 is 11.6 Å². The number of aryl methyl sites for hydroxylation is 1. The molecular formula is C15H23ClN2. The van der Waals surface area contributed by atoms with Crippen LogP contribution < -0.4 is 10.2 Å². The van der Waals surface area contributed by atoms with Gasteiger partial charge in [-0.15, -0.1) is 0 Å². The van der Waals surface area contributed by atoms with E-state index in [2.05, 4.69) is 49.2 Å². The summed E-state index contributed by atoms with van der Waals surface area (Å²) >= 11 is 6.39. The van der Waals surface area contributed by atoms with Crippen LogP contribution in [0.15, 0.2) is 18.2 Å². The summed E-state index contributed by atoms with van der Waals surface area (Å²) in [7, 11) is 0. The summed E-state index contributed by atoms with van der Waals surface area (Å²) in [5.74, 6) is 0. The zero-order valence-electron chi connectivity index (χ0n) is 11.5. The van der Waals surface area contributed by atoms with Gasteiger partial charge in [0, 0.05) is 25.2 Å². The van der Waals surface area contributed by atoms with Gasteiger partial charge < -0.3 is 10.2 Å². The fraction of sp³-hybridized carbons (Fsp3) is 0.600. The predicted octanol–water partition coefficient (Wildman–Crippen LogP) is 3.62. The maximum Gasteiger partial charge on any atom is 0.0642 e. The Bertz CT molecular complexity index is 405. The van der Waals surface area contributed by atoms with Crippen LogP contribution in [-0.4, -0.2) is 25.2 Å². The number of halogens is 1. The third-order valence-electron chi connectivity index (χ3n) is 3.70. The predicted molar refractivity (Wildman–Crippen MR) is 79.7 cm³/mol. The van der Waals surface area contributed by atoms with Gasteiger partial charge in [0.1, 0.15) is 0 Å². The standard InChI is InChI=1S/C15H23ClN2/c1-4-5-13-10-18(12(3)9-17-13)15-7-6-11(2)8-14(15)16/h6-8,12-13,17H,4-5,9-10H2,1-3H3. The average Bonchev–Trinajstić information content (AvgIpc) is 2.33. The number of anilines is 1. The Labute approximate surface area is 115 Å². The molecule has 0 saturated carbocycles. The molecule has 1 aliphatic rings. The summed E-state index contributed by atoms with van der Waals surface area (Å²) in [4.78, 5) is 2.44. The van der Waals surface area contributed by atoms with Crippen LogP contribution in [0.4, 0.5) is 5.69 Å². The molecule has 1 fully saturated rings. The molecule has 1 aromatic carbocycles. The van der Waals surface area contributed by atoms with Crippen molar-refractivity contribution in [2.75, 3.05) is 18.0 Å². The van der Waals surface area contributed by atoms with E-state index in [0.29, 0.717) is 12.1 Å². The fourth-order valence-electron chi connectivity index (χ4n) is 2.65. The van der Waals surface area contributed by atoms with Crippen molar-refractivity contribution in [2.24, 2.45) is 0 Å². The number of hydrogen-bond donors (Lipinski definition) is 1. The van der Waals surface area contributed by atoms with Crippen molar-refractivity contribution in [2.45, 2.75) is 45.7 Å². The van der Waals surface area contributed by atoms with Crippen molar-refractivity contribution >= 4 is 17.3 Å².